The van der Waals surface area contributed by atoms with Gasteiger partial charge in [0.2, 0.25) is 0 Å². The number of carbonyl (C=O) groups is 1. The number of hydrogen-bond donors (Lipinski definition) is 1. The fraction of sp³-hybridized carbons (Fsp3) is 0. The number of amides is 1. The average Bonchev–Trinajstić information content (AvgIpc) is 2.68. The Labute approximate surface area is 101 Å². The minimum absolute atomic E-state index is 0.247. The highest BCUT2D eigenvalue weighted by molar-refractivity contribution is 7.12. The molecule has 1 amide bonds. The maximum Gasteiger partial charge on any atom is 0.265 e. The molecule has 0 spiro atoms. The maximum atomic E-state index is 12.6. The van der Waals surface area contributed by atoms with Gasteiger partial charge in [-0.3, -0.25) is 4.79 Å². The number of rotatable bonds is 2. The fourth-order valence-corrected chi connectivity index (χ4v) is 2.13. The van der Waals surface area contributed by atoms with Crippen molar-refractivity contribution in [1.29, 1.82) is 0 Å². The van der Waals surface area contributed by atoms with Crippen LogP contribution in [0.1, 0.15) is 9.67 Å². The largest absolute Gasteiger partial charge is 0.321 e. The van der Waals surface area contributed by atoms with Gasteiger partial charge in [0.15, 0.2) is 0 Å². The zero-order valence-corrected chi connectivity index (χ0v) is 9.61. The Hall–Kier alpha value is -1.39. The molecule has 0 aliphatic carbocycles. The molecule has 0 aliphatic rings. The molecule has 16 heavy (non-hydrogen) atoms. The summed E-state index contributed by atoms with van der Waals surface area (Å²) < 4.78 is 12.6. The molecule has 2 rings (SSSR count). The number of halogens is 2. The minimum atomic E-state index is -0.336. The summed E-state index contributed by atoms with van der Waals surface area (Å²) in [7, 11) is 0. The highest BCUT2D eigenvalue weighted by Gasteiger charge is 2.08. The van der Waals surface area contributed by atoms with Crippen molar-refractivity contribution >= 4 is 34.5 Å². The van der Waals surface area contributed by atoms with E-state index in [1.807, 2.05) is 0 Å². The second-order valence-corrected chi connectivity index (χ2v) is 4.44. The molecule has 0 aliphatic heterocycles. The predicted molar refractivity (Wildman–Crippen MR) is 63.7 cm³/mol. The molecule has 5 heteroatoms. The molecule has 2 nitrogen and oxygen atoms in total. The topological polar surface area (TPSA) is 29.1 Å². The molecule has 1 heterocycles. The zero-order valence-electron chi connectivity index (χ0n) is 8.04. The third-order valence-electron chi connectivity index (χ3n) is 1.89. The highest BCUT2D eigenvalue weighted by atomic mass is 35.5. The van der Waals surface area contributed by atoms with Gasteiger partial charge in [-0.1, -0.05) is 11.6 Å². The van der Waals surface area contributed by atoms with Crippen molar-refractivity contribution in [3.8, 4) is 0 Å². The molecular weight excluding hydrogens is 249 g/mol. The van der Waals surface area contributed by atoms with E-state index in [1.54, 1.807) is 11.4 Å². The van der Waals surface area contributed by atoms with Crippen LogP contribution in [-0.4, -0.2) is 5.91 Å². The van der Waals surface area contributed by atoms with Crippen molar-refractivity contribution in [1.82, 2.24) is 0 Å². The van der Waals surface area contributed by atoms with Crippen molar-refractivity contribution in [3.63, 3.8) is 0 Å². The number of anilines is 1. The fourth-order valence-electron chi connectivity index (χ4n) is 1.16. The lowest BCUT2D eigenvalue weighted by Gasteiger charge is -2.02. The van der Waals surface area contributed by atoms with E-state index in [-0.39, 0.29) is 11.7 Å². The lowest BCUT2D eigenvalue weighted by molar-refractivity contribution is 0.103. The van der Waals surface area contributed by atoms with Crippen molar-refractivity contribution in [2.24, 2.45) is 0 Å². The van der Waals surface area contributed by atoms with E-state index in [9.17, 15) is 9.18 Å². The predicted octanol–water partition coefficient (Wildman–Crippen LogP) is 3.79. The summed E-state index contributed by atoms with van der Waals surface area (Å²) in [6.07, 6.45) is 0. The average molecular weight is 256 g/mol. The smallest absolute Gasteiger partial charge is 0.265 e. The van der Waals surface area contributed by atoms with E-state index in [1.165, 1.54) is 35.6 Å². The summed E-state index contributed by atoms with van der Waals surface area (Å²) in [5.74, 6) is -0.583. The van der Waals surface area contributed by atoms with E-state index < -0.39 is 0 Å². The van der Waals surface area contributed by atoms with Crippen LogP contribution in [0, 0.1) is 5.82 Å². The quantitative estimate of drug-likeness (QED) is 0.869. The van der Waals surface area contributed by atoms with E-state index in [0.717, 1.165) is 0 Å². The monoisotopic (exact) mass is 255 g/mol. The van der Waals surface area contributed by atoms with Gasteiger partial charge >= 0.3 is 0 Å². The van der Waals surface area contributed by atoms with Crippen LogP contribution >= 0.6 is 22.9 Å². The first-order chi connectivity index (χ1) is 7.65. The summed E-state index contributed by atoms with van der Waals surface area (Å²) in [5.41, 5.74) is 0.552. The van der Waals surface area contributed by atoms with Gasteiger partial charge in [-0.05, 0) is 30.3 Å². The van der Waals surface area contributed by atoms with Gasteiger partial charge in [0.05, 0.1) is 9.90 Å². The van der Waals surface area contributed by atoms with Crippen LogP contribution in [0.2, 0.25) is 5.02 Å². The van der Waals surface area contributed by atoms with Crippen LogP contribution in [0.25, 0.3) is 0 Å². The SMILES string of the molecule is O=C(Nc1ccc(F)cc1)c1cc(Cl)cs1. The highest BCUT2D eigenvalue weighted by Crippen LogP contribution is 2.20. The van der Waals surface area contributed by atoms with Crippen LogP contribution in [0.3, 0.4) is 0 Å². The summed E-state index contributed by atoms with van der Waals surface area (Å²) in [4.78, 5) is 12.2. The standard InChI is InChI=1S/C11H7ClFNOS/c12-7-5-10(16-6-7)11(15)14-9-3-1-8(13)2-4-9/h1-6H,(H,14,15). The summed E-state index contributed by atoms with van der Waals surface area (Å²) in [6.45, 7) is 0. The molecule has 0 saturated carbocycles. The molecule has 1 aromatic carbocycles. The van der Waals surface area contributed by atoms with Gasteiger partial charge < -0.3 is 5.32 Å². The summed E-state index contributed by atoms with van der Waals surface area (Å²) >= 11 is 6.97. The molecule has 82 valence electrons. The van der Waals surface area contributed by atoms with Gasteiger partial charge in [-0.15, -0.1) is 11.3 Å². The zero-order chi connectivity index (χ0) is 11.5. The molecular formula is C11H7ClFNOS. The van der Waals surface area contributed by atoms with Gasteiger partial charge in [0.1, 0.15) is 5.82 Å². The Morgan fingerprint density at radius 1 is 1.31 bits per heavy atom. The van der Waals surface area contributed by atoms with E-state index in [0.29, 0.717) is 15.6 Å². The van der Waals surface area contributed by atoms with Crippen molar-refractivity contribution in [2.75, 3.05) is 5.32 Å². The van der Waals surface area contributed by atoms with Gasteiger partial charge in [-0.2, -0.15) is 0 Å². The van der Waals surface area contributed by atoms with Crippen LogP contribution in [0.5, 0.6) is 0 Å². The Morgan fingerprint density at radius 3 is 2.56 bits per heavy atom. The second-order valence-electron chi connectivity index (χ2n) is 3.09. The summed E-state index contributed by atoms with van der Waals surface area (Å²) in [6, 6.07) is 7.17. The first kappa shape index (κ1) is 11.1. The number of thiophene rings is 1. The van der Waals surface area contributed by atoms with Crippen LogP contribution < -0.4 is 5.32 Å². The van der Waals surface area contributed by atoms with Crippen molar-refractivity contribution in [2.45, 2.75) is 0 Å². The first-order valence-corrected chi connectivity index (χ1v) is 5.72. The molecule has 0 atom stereocenters. The Balaban J connectivity index is 2.10. The van der Waals surface area contributed by atoms with E-state index >= 15 is 0 Å². The Morgan fingerprint density at radius 2 is 2.00 bits per heavy atom. The molecule has 2 aromatic rings. The molecule has 0 radical (unpaired) electrons. The lowest BCUT2D eigenvalue weighted by Crippen LogP contribution is -2.09. The molecule has 1 N–H and O–H groups in total. The van der Waals surface area contributed by atoms with Crippen molar-refractivity contribution < 1.29 is 9.18 Å². The van der Waals surface area contributed by atoms with E-state index in [4.69, 9.17) is 11.6 Å². The Bertz CT molecular complexity index is 509. The third-order valence-corrected chi connectivity index (χ3v) is 3.17. The maximum absolute atomic E-state index is 12.6. The first-order valence-electron chi connectivity index (χ1n) is 4.46. The Kier molecular flexibility index (Phi) is 3.22. The molecule has 0 bridgehead atoms. The van der Waals surface area contributed by atoms with Crippen molar-refractivity contribution in [3.05, 3.63) is 51.4 Å². The lowest BCUT2D eigenvalue weighted by atomic mass is 10.3. The minimum Gasteiger partial charge on any atom is -0.321 e. The summed E-state index contributed by atoms with van der Waals surface area (Å²) in [5, 5.41) is 4.86. The second kappa shape index (κ2) is 4.63. The molecule has 0 saturated heterocycles. The third kappa shape index (κ3) is 2.59. The number of benzene rings is 1. The normalized spacial score (nSPS) is 10.1. The molecule has 0 fully saturated rings. The van der Waals surface area contributed by atoms with Gasteiger partial charge in [-0.25, -0.2) is 4.39 Å². The van der Waals surface area contributed by atoms with Gasteiger partial charge in [0, 0.05) is 11.1 Å². The number of hydrogen-bond acceptors (Lipinski definition) is 2. The van der Waals surface area contributed by atoms with Crippen LogP contribution in [0.4, 0.5) is 10.1 Å². The number of carbonyl (C=O) groups excluding carboxylic acids is 1. The molecule has 0 unspecified atom stereocenters. The van der Waals surface area contributed by atoms with Crippen LogP contribution in [0.15, 0.2) is 35.7 Å². The van der Waals surface area contributed by atoms with Crippen LogP contribution in [-0.2, 0) is 0 Å². The number of nitrogens with one attached hydrogen (secondary N) is 1. The molecule has 1 aromatic heterocycles. The van der Waals surface area contributed by atoms with Gasteiger partial charge in [0.25, 0.3) is 5.91 Å². The van der Waals surface area contributed by atoms with E-state index in [2.05, 4.69) is 5.32 Å².